The van der Waals surface area contributed by atoms with Gasteiger partial charge in [0.05, 0.1) is 36.2 Å². The Balaban J connectivity index is 1.29. The van der Waals surface area contributed by atoms with E-state index in [1.165, 1.54) is 0 Å². The Labute approximate surface area is 211 Å². The molecule has 1 N–H and O–H groups in total. The van der Waals surface area contributed by atoms with Gasteiger partial charge in [0, 0.05) is 36.7 Å². The van der Waals surface area contributed by atoms with Crippen LogP contribution in [0.5, 0.6) is 0 Å². The first-order valence-corrected chi connectivity index (χ1v) is 12.5. The molecule has 3 amide bonds. The average Bonchev–Trinajstić information content (AvgIpc) is 3.50. The van der Waals surface area contributed by atoms with Crippen LogP contribution in [-0.2, 0) is 11.3 Å². The minimum atomic E-state index is -1.58. The van der Waals surface area contributed by atoms with Crippen LogP contribution in [0.25, 0.3) is 0 Å². The molecule has 1 saturated heterocycles. The first-order valence-electron chi connectivity index (χ1n) is 12.5. The summed E-state index contributed by atoms with van der Waals surface area (Å²) >= 11 is 0. The van der Waals surface area contributed by atoms with Gasteiger partial charge < -0.3 is 15.1 Å². The Bertz CT molecular complexity index is 1340. The molecule has 0 radical (unpaired) electrons. The van der Waals surface area contributed by atoms with Crippen LogP contribution in [0.2, 0.25) is 0 Å². The summed E-state index contributed by atoms with van der Waals surface area (Å²) < 4.78 is 42.8. The van der Waals surface area contributed by atoms with Gasteiger partial charge in [-0.1, -0.05) is 43.2 Å². The number of halogens is 3. The minimum Gasteiger partial charge on any atom is -0.313 e. The lowest BCUT2D eigenvalue weighted by molar-refractivity contribution is -0.117. The van der Waals surface area contributed by atoms with Crippen molar-refractivity contribution in [2.75, 3.05) is 16.8 Å². The zero-order valence-electron chi connectivity index (χ0n) is 20.0. The van der Waals surface area contributed by atoms with Crippen LogP contribution in [-0.4, -0.2) is 39.2 Å². The van der Waals surface area contributed by atoms with Gasteiger partial charge in [-0.25, -0.2) is 18.0 Å². The van der Waals surface area contributed by atoms with E-state index in [1.54, 1.807) is 16.0 Å². The van der Waals surface area contributed by atoms with E-state index in [2.05, 4.69) is 10.4 Å². The lowest BCUT2D eigenvalue weighted by atomic mass is 9.87. The third-order valence-corrected chi connectivity index (χ3v) is 7.79. The topological polar surface area (TPSA) is 70.5 Å². The summed E-state index contributed by atoms with van der Waals surface area (Å²) in [7, 11) is 0. The molecule has 2 aromatic carbocycles. The smallest absolute Gasteiger partial charge is 0.313 e. The maximum atomic E-state index is 13.7. The predicted octanol–water partition coefficient (Wildman–Crippen LogP) is 5.35. The highest BCUT2D eigenvalue weighted by Crippen LogP contribution is 2.42. The monoisotopic (exact) mass is 509 g/mol. The molecule has 2 aliphatic heterocycles. The molecule has 3 atom stereocenters. The lowest BCUT2D eigenvalue weighted by Gasteiger charge is -2.44. The van der Waals surface area contributed by atoms with Crippen LogP contribution in [0.3, 0.4) is 0 Å². The highest BCUT2D eigenvalue weighted by Gasteiger charge is 2.43. The van der Waals surface area contributed by atoms with Crippen molar-refractivity contribution in [3.63, 3.8) is 0 Å². The van der Waals surface area contributed by atoms with Gasteiger partial charge in [0.15, 0.2) is 17.5 Å². The number of fused-ring (bicyclic) bond motifs is 3. The Morgan fingerprint density at radius 3 is 2.43 bits per heavy atom. The second-order valence-corrected chi connectivity index (χ2v) is 9.97. The fourth-order valence-electron chi connectivity index (χ4n) is 6.00. The van der Waals surface area contributed by atoms with Gasteiger partial charge in [-0.2, -0.15) is 5.10 Å². The van der Waals surface area contributed by atoms with Gasteiger partial charge in [-0.15, -0.1) is 0 Å². The van der Waals surface area contributed by atoms with Crippen molar-refractivity contribution in [3.05, 3.63) is 77.4 Å². The van der Waals surface area contributed by atoms with E-state index in [-0.39, 0.29) is 36.1 Å². The van der Waals surface area contributed by atoms with Crippen LogP contribution >= 0.6 is 0 Å². The van der Waals surface area contributed by atoms with Crippen molar-refractivity contribution in [3.8, 4) is 0 Å². The molecule has 1 aliphatic carbocycles. The third-order valence-electron chi connectivity index (χ3n) is 7.79. The van der Waals surface area contributed by atoms with E-state index >= 15 is 0 Å². The molecule has 37 heavy (non-hydrogen) atoms. The zero-order valence-corrected chi connectivity index (χ0v) is 20.0. The number of anilines is 2. The fourth-order valence-corrected chi connectivity index (χ4v) is 6.00. The highest BCUT2D eigenvalue weighted by atomic mass is 19.2. The number of rotatable bonds is 3. The summed E-state index contributed by atoms with van der Waals surface area (Å²) in [5, 5.41) is 7.19. The van der Waals surface area contributed by atoms with Crippen LogP contribution in [0.4, 0.5) is 29.3 Å². The van der Waals surface area contributed by atoms with E-state index in [0.29, 0.717) is 18.7 Å². The zero-order chi connectivity index (χ0) is 25.7. The maximum Gasteiger partial charge on any atom is 0.322 e. The summed E-state index contributed by atoms with van der Waals surface area (Å²) in [6, 6.07) is 10.7. The first-order chi connectivity index (χ1) is 17.9. The van der Waals surface area contributed by atoms with Gasteiger partial charge in [0.25, 0.3) is 0 Å². The number of carbonyl (C=O) groups is 2. The number of nitrogens with one attached hydrogen (secondary N) is 1. The van der Waals surface area contributed by atoms with Gasteiger partial charge in [0.2, 0.25) is 5.91 Å². The number of nitrogens with zero attached hydrogens (tertiary/aromatic N) is 4. The predicted molar refractivity (Wildman–Crippen MR) is 131 cm³/mol. The molecule has 3 aromatic rings. The average molecular weight is 510 g/mol. The number of urea groups is 1. The van der Waals surface area contributed by atoms with E-state index in [1.807, 2.05) is 35.0 Å². The quantitative estimate of drug-likeness (QED) is 0.484. The summed E-state index contributed by atoms with van der Waals surface area (Å²) in [5.74, 6) is -4.25. The molecular weight excluding hydrogens is 483 g/mol. The molecule has 3 heterocycles. The summed E-state index contributed by atoms with van der Waals surface area (Å²) in [5.41, 5.74) is 2.39. The molecular formula is C27H26F3N5O2. The molecule has 0 bridgehead atoms. The van der Waals surface area contributed by atoms with Crippen molar-refractivity contribution in [1.82, 2.24) is 14.7 Å². The number of benzene rings is 2. The van der Waals surface area contributed by atoms with E-state index in [9.17, 15) is 22.8 Å². The number of aromatic nitrogens is 2. The Morgan fingerprint density at radius 2 is 1.70 bits per heavy atom. The van der Waals surface area contributed by atoms with E-state index in [0.717, 1.165) is 49.1 Å². The number of hydrogen-bond acceptors (Lipinski definition) is 3. The van der Waals surface area contributed by atoms with Gasteiger partial charge in [-0.05, 0) is 18.4 Å². The third kappa shape index (κ3) is 4.14. The molecule has 7 nitrogen and oxygen atoms in total. The van der Waals surface area contributed by atoms with Crippen molar-refractivity contribution in [2.45, 2.75) is 56.7 Å². The Hall–Kier alpha value is -3.82. The fraction of sp³-hybridized carbons (Fsp3) is 0.370. The van der Waals surface area contributed by atoms with Crippen molar-refractivity contribution in [1.29, 1.82) is 0 Å². The molecule has 3 unspecified atom stereocenters. The second-order valence-electron chi connectivity index (χ2n) is 9.97. The number of amides is 3. The molecule has 6 rings (SSSR count). The minimum absolute atomic E-state index is 0.00341. The SMILES string of the molecule is O=C1CC(c2ccccc2)CN1c1cnn2c1CN(C(=O)Nc1cc(F)c(F)c(F)c1)C1CCCCC12. The highest BCUT2D eigenvalue weighted by molar-refractivity contribution is 5.97. The standard InChI is InChI=1S/C27H26F3N5O2/c28-19-11-18(12-20(29)26(19)30)32-27(37)34-15-24-23(13-31-35(24)22-9-5-4-8-21(22)34)33-14-17(10-25(33)36)16-6-2-1-3-7-16/h1-3,6-7,11-13,17,21-22H,4-5,8-10,14-15H2,(H,32,37). The second kappa shape index (κ2) is 9.24. The molecule has 0 spiro atoms. The number of carbonyl (C=O) groups excluding carboxylic acids is 2. The van der Waals surface area contributed by atoms with Crippen molar-refractivity contribution < 1.29 is 22.8 Å². The molecule has 3 aliphatic rings. The van der Waals surface area contributed by atoms with E-state index < -0.39 is 23.5 Å². The summed E-state index contributed by atoms with van der Waals surface area (Å²) in [4.78, 5) is 29.8. The lowest BCUT2D eigenvalue weighted by Crippen LogP contribution is -2.52. The maximum absolute atomic E-state index is 13.7. The van der Waals surface area contributed by atoms with Gasteiger partial charge in [0.1, 0.15) is 0 Å². The molecule has 1 aromatic heterocycles. The van der Waals surface area contributed by atoms with Crippen LogP contribution < -0.4 is 10.2 Å². The summed E-state index contributed by atoms with van der Waals surface area (Å²) in [6.07, 6.45) is 5.61. The van der Waals surface area contributed by atoms with Gasteiger partial charge in [-0.3, -0.25) is 9.48 Å². The largest absolute Gasteiger partial charge is 0.322 e. The molecule has 10 heteroatoms. The number of hydrogen-bond donors (Lipinski definition) is 1. The Kier molecular flexibility index (Phi) is 5.89. The van der Waals surface area contributed by atoms with Crippen LogP contribution in [0, 0.1) is 17.5 Å². The van der Waals surface area contributed by atoms with Crippen molar-refractivity contribution >= 4 is 23.3 Å². The van der Waals surface area contributed by atoms with E-state index in [4.69, 9.17) is 0 Å². The van der Waals surface area contributed by atoms with Crippen molar-refractivity contribution in [2.24, 2.45) is 0 Å². The van der Waals surface area contributed by atoms with Gasteiger partial charge >= 0.3 is 6.03 Å². The normalized spacial score (nSPS) is 23.1. The van der Waals surface area contributed by atoms with Crippen LogP contribution in [0.15, 0.2) is 48.7 Å². The molecule has 1 saturated carbocycles. The summed E-state index contributed by atoms with van der Waals surface area (Å²) in [6.45, 7) is 0.713. The first kappa shape index (κ1) is 23.6. The van der Waals surface area contributed by atoms with Crippen LogP contribution in [0.1, 0.15) is 55.3 Å². The molecule has 2 fully saturated rings. The Morgan fingerprint density at radius 1 is 1.00 bits per heavy atom. The molecule has 192 valence electrons.